The number of rotatable bonds is 6. The molecular weight excluding hydrogens is 224 g/mol. The van der Waals surface area contributed by atoms with Gasteiger partial charge in [-0.3, -0.25) is 14.9 Å². The summed E-state index contributed by atoms with van der Waals surface area (Å²) in [6.07, 6.45) is 0. The second kappa shape index (κ2) is 6.59. The normalized spacial score (nSPS) is 11.8. The third kappa shape index (κ3) is 5.07. The number of para-hydroxylation sites is 1. The molecule has 0 spiro atoms. The molecule has 0 fully saturated rings. The Hall–Kier alpha value is -1.95. The Bertz CT molecular complexity index is 380. The summed E-state index contributed by atoms with van der Waals surface area (Å²) in [4.78, 5) is 21.2. The molecule has 1 rings (SSSR count). The van der Waals surface area contributed by atoms with E-state index in [0.29, 0.717) is 5.69 Å². The lowest BCUT2D eigenvalue weighted by molar-refractivity contribution is -0.521. The number of carbonyl (C=O) groups is 1. The molecule has 6 heteroatoms. The average Bonchev–Trinajstić information content (AvgIpc) is 2.30. The molecule has 17 heavy (non-hydrogen) atoms. The third-order valence-corrected chi connectivity index (χ3v) is 2.01. The van der Waals surface area contributed by atoms with Gasteiger partial charge in [0, 0.05) is 17.5 Å². The zero-order chi connectivity index (χ0) is 12.7. The first-order valence-corrected chi connectivity index (χ1v) is 5.15. The van der Waals surface area contributed by atoms with Crippen LogP contribution in [-0.4, -0.2) is 30.1 Å². The van der Waals surface area contributed by atoms with Gasteiger partial charge < -0.3 is 10.1 Å². The lowest BCUT2D eigenvalue weighted by Crippen LogP contribution is -2.25. The van der Waals surface area contributed by atoms with E-state index < -0.39 is 11.0 Å². The first kappa shape index (κ1) is 13.1. The highest BCUT2D eigenvalue weighted by Gasteiger charge is 2.13. The van der Waals surface area contributed by atoms with Crippen LogP contribution in [0.25, 0.3) is 0 Å². The summed E-state index contributed by atoms with van der Waals surface area (Å²) in [7, 11) is 0. The summed E-state index contributed by atoms with van der Waals surface area (Å²) in [5.74, 6) is -0.327. The molecule has 0 aromatic heterocycles. The smallest absolute Gasteiger partial charge is 0.250 e. The number of nitrogens with one attached hydrogen (secondary N) is 1. The lowest BCUT2D eigenvalue weighted by atomic mass is 10.3. The molecule has 0 saturated heterocycles. The summed E-state index contributed by atoms with van der Waals surface area (Å²) in [6.45, 7) is 1.16. The number of hydrogen-bond acceptors (Lipinski definition) is 4. The number of ether oxygens (including phenoxy) is 1. The highest BCUT2D eigenvalue weighted by atomic mass is 16.6. The van der Waals surface area contributed by atoms with E-state index in [1.807, 2.05) is 6.07 Å². The minimum absolute atomic E-state index is 0.0742. The maximum Gasteiger partial charge on any atom is 0.250 e. The molecule has 1 aromatic rings. The SMILES string of the molecule is CC(COCC(=O)Nc1ccccc1)[N+](=O)[O-]. The van der Waals surface area contributed by atoms with Crippen molar-refractivity contribution in [3.8, 4) is 0 Å². The van der Waals surface area contributed by atoms with Crippen molar-refractivity contribution in [3.63, 3.8) is 0 Å². The molecule has 6 nitrogen and oxygen atoms in total. The van der Waals surface area contributed by atoms with Crippen LogP contribution in [0.5, 0.6) is 0 Å². The lowest BCUT2D eigenvalue weighted by Gasteiger charge is -2.06. The summed E-state index contributed by atoms with van der Waals surface area (Å²) >= 11 is 0. The summed E-state index contributed by atoms with van der Waals surface area (Å²) in [6, 6.07) is 8.12. The van der Waals surface area contributed by atoms with Crippen molar-refractivity contribution >= 4 is 11.6 Å². The van der Waals surface area contributed by atoms with Crippen molar-refractivity contribution in [1.82, 2.24) is 0 Å². The summed E-state index contributed by atoms with van der Waals surface area (Å²) in [5.41, 5.74) is 0.670. The zero-order valence-corrected chi connectivity index (χ0v) is 9.46. The van der Waals surface area contributed by atoms with Gasteiger partial charge in [0.1, 0.15) is 13.2 Å². The molecule has 0 radical (unpaired) electrons. The molecule has 0 heterocycles. The number of amides is 1. The van der Waals surface area contributed by atoms with Gasteiger partial charge >= 0.3 is 0 Å². The van der Waals surface area contributed by atoms with E-state index in [2.05, 4.69) is 5.32 Å². The number of nitrogens with zero attached hydrogens (tertiary/aromatic N) is 1. The minimum Gasteiger partial charge on any atom is -0.365 e. The molecule has 0 aliphatic rings. The maximum atomic E-state index is 11.4. The Kier molecular flexibility index (Phi) is 5.09. The van der Waals surface area contributed by atoms with Crippen LogP contribution in [0, 0.1) is 10.1 Å². The van der Waals surface area contributed by atoms with Crippen LogP contribution >= 0.6 is 0 Å². The molecule has 1 amide bonds. The number of benzene rings is 1. The van der Waals surface area contributed by atoms with Crippen molar-refractivity contribution in [2.45, 2.75) is 13.0 Å². The van der Waals surface area contributed by atoms with E-state index in [1.165, 1.54) is 6.92 Å². The van der Waals surface area contributed by atoms with Gasteiger partial charge in [-0.15, -0.1) is 0 Å². The Balaban J connectivity index is 2.25. The second-order valence-corrected chi connectivity index (χ2v) is 3.56. The Morgan fingerprint density at radius 3 is 2.71 bits per heavy atom. The Morgan fingerprint density at radius 2 is 2.12 bits per heavy atom. The topological polar surface area (TPSA) is 81.5 Å². The van der Waals surface area contributed by atoms with Crippen molar-refractivity contribution in [1.29, 1.82) is 0 Å². The third-order valence-electron chi connectivity index (χ3n) is 2.01. The van der Waals surface area contributed by atoms with Crippen LogP contribution in [0.3, 0.4) is 0 Å². The van der Waals surface area contributed by atoms with Gasteiger partial charge in [-0.05, 0) is 12.1 Å². The van der Waals surface area contributed by atoms with E-state index >= 15 is 0 Å². The Morgan fingerprint density at radius 1 is 1.47 bits per heavy atom. The summed E-state index contributed by atoms with van der Waals surface area (Å²) in [5, 5.41) is 12.9. The van der Waals surface area contributed by atoms with Gasteiger partial charge in [0.05, 0.1) is 0 Å². The highest BCUT2D eigenvalue weighted by Crippen LogP contribution is 2.04. The molecular formula is C11H14N2O4. The van der Waals surface area contributed by atoms with Crippen LogP contribution in [-0.2, 0) is 9.53 Å². The zero-order valence-electron chi connectivity index (χ0n) is 9.46. The maximum absolute atomic E-state index is 11.4. The van der Waals surface area contributed by atoms with Crippen LogP contribution in [0.1, 0.15) is 6.92 Å². The van der Waals surface area contributed by atoms with E-state index in [0.717, 1.165) is 0 Å². The van der Waals surface area contributed by atoms with Crippen molar-refractivity contribution in [2.75, 3.05) is 18.5 Å². The van der Waals surface area contributed by atoms with Crippen LogP contribution in [0.4, 0.5) is 5.69 Å². The van der Waals surface area contributed by atoms with Gasteiger partial charge in [-0.25, -0.2) is 0 Å². The molecule has 0 saturated carbocycles. The molecule has 1 atom stereocenters. The fraction of sp³-hybridized carbons (Fsp3) is 0.364. The fourth-order valence-electron chi connectivity index (χ4n) is 1.10. The largest absolute Gasteiger partial charge is 0.365 e. The van der Waals surface area contributed by atoms with Gasteiger partial charge in [0.15, 0.2) is 0 Å². The van der Waals surface area contributed by atoms with Crippen molar-refractivity contribution < 1.29 is 14.5 Å². The van der Waals surface area contributed by atoms with E-state index in [9.17, 15) is 14.9 Å². The van der Waals surface area contributed by atoms with Crippen molar-refractivity contribution in [2.24, 2.45) is 0 Å². The standard InChI is InChI=1S/C11H14N2O4/c1-9(13(15)16)7-17-8-11(14)12-10-5-3-2-4-6-10/h2-6,9H,7-8H2,1H3,(H,12,14). The van der Waals surface area contributed by atoms with Crippen LogP contribution in [0.2, 0.25) is 0 Å². The molecule has 0 bridgehead atoms. The van der Waals surface area contributed by atoms with E-state index in [4.69, 9.17) is 4.74 Å². The minimum atomic E-state index is -0.806. The highest BCUT2D eigenvalue weighted by molar-refractivity contribution is 5.91. The molecule has 1 aromatic carbocycles. The van der Waals surface area contributed by atoms with Crippen molar-refractivity contribution in [3.05, 3.63) is 40.4 Å². The van der Waals surface area contributed by atoms with Crippen LogP contribution < -0.4 is 5.32 Å². The second-order valence-electron chi connectivity index (χ2n) is 3.56. The van der Waals surface area contributed by atoms with E-state index in [1.54, 1.807) is 24.3 Å². The Labute approximate surface area is 98.7 Å². The fourth-order valence-corrected chi connectivity index (χ4v) is 1.10. The summed E-state index contributed by atoms with van der Waals surface area (Å²) < 4.78 is 4.94. The number of hydrogen-bond donors (Lipinski definition) is 1. The van der Waals surface area contributed by atoms with Crippen LogP contribution in [0.15, 0.2) is 30.3 Å². The molecule has 1 N–H and O–H groups in total. The van der Waals surface area contributed by atoms with E-state index in [-0.39, 0.29) is 19.1 Å². The van der Waals surface area contributed by atoms with Gasteiger partial charge in [0.25, 0.3) is 0 Å². The average molecular weight is 238 g/mol. The molecule has 1 unspecified atom stereocenters. The van der Waals surface area contributed by atoms with Gasteiger partial charge in [-0.1, -0.05) is 18.2 Å². The molecule has 92 valence electrons. The predicted octanol–water partition coefficient (Wildman–Crippen LogP) is 1.31. The van der Waals surface area contributed by atoms with Gasteiger partial charge in [-0.2, -0.15) is 0 Å². The molecule has 0 aliphatic carbocycles. The quantitative estimate of drug-likeness (QED) is 0.598. The first-order chi connectivity index (χ1) is 8.09. The van der Waals surface area contributed by atoms with Gasteiger partial charge in [0.2, 0.25) is 11.9 Å². The number of carbonyl (C=O) groups excluding carboxylic acids is 1. The monoisotopic (exact) mass is 238 g/mol. The molecule has 0 aliphatic heterocycles. The first-order valence-electron chi connectivity index (χ1n) is 5.15. The predicted molar refractivity (Wildman–Crippen MR) is 62.3 cm³/mol. The number of anilines is 1. The number of nitro groups is 1.